The average Bonchev–Trinajstić information content (AvgIpc) is 2.66. The summed E-state index contributed by atoms with van der Waals surface area (Å²) >= 11 is 5.79. The van der Waals surface area contributed by atoms with Gasteiger partial charge in [-0.1, -0.05) is 23.7 Å². The van der Waals surface area contributed by atoms with Crippen LogP contribution in [0.4, 0.5) is 4.79 Å². The van der Waals surface area contributed by atoms with E-state index in [4.69, 9.17) is 16.3 Å². The van der Waals surface area contributed by atoms with E-state index in [1.54, 1.807) is 24.3 Å². The highest BCUT2D eigenvalue weighted by atomic mass is 35.5. The zero-order valence-electron chi connectivity index (χ0n) is 14.9. The Morgan fingerprint density at radius 2 is 1.78 bits per heavy atom. The predicted octanol–water partition coefficient (Wildman–Crippen LogP) is 1.38. The van der Waals surface area contributed by atoms with Crippen molar-refractivity contribution in [2.75, 3.05) is 26.3 Å². The van der Waals surface area contributed by atoms with Crippen LogP contribution in [0, 0.1) is 11.8 Å². The summed E-state index contributed by atoms with van der Waals surface area (Å²) in [5.74, 6) is -2.05. The Morgan fingerprint density at radius 1 is 1.11 bits per heavy atom. The molecule has 1 aliphatic rings. The molecule has 1 fully saturated rings. The average molecular weight is 398 g/mol. The van der Waals surface area contributed by atoms with Crippen LogP contribution in [0.3, 0.4) is 0 Å². The van der Waals surface area contributed by atoms with Gasteiger partial charge in [0.2, 0.25) is 5.91 Å². The molecular weight excluding hydrogens is 374 g/mol. The van der Waals surface area contributed by atoms with Crippen LogP contribution in [0.25, 0.3) is 0 Å². The summed E-state index contributed by atoms with van der Waals surface area (Å²) in [7, 11) is 0. The minimum absolute atomic E-state index is 0.0211. The Labute approximate surface area is 162 Å². The number of aliphatic carboxylic acids is 1. The Hall–Kier alpha value is -2.32. The lowest BCUT2D eigenvalue weighted by atomic mass is 9.86. The lowest BCUT2D eigenvalue weighted by Gasteiger charge is -2.27. The Balaban J connectivity index is 1.67. The van der Waals surface area contributed by atoms with Crippen molar-refractivity contribution in [2.45, 2.75) is 19.4 Å². The van der Waals surface area contributed by atoms with Gasteiger partial charge in [0.05, 0.1) is 12.5 Å². The lowest BCUT2D eigenvalue weighted by Crippen LogP contribution is -2.44. The number of carboxylic acid groups (broad SMARTS) is 1. The summed E-state index contributed by atoms with van der Waals surface area (Å²) in [5, 5.41) is 17.6. The van der Waals surface area contributed by atoms with Crippen LogP contribution in [-0.2, 0) is 20.9 Å². The molecule has 3 amide bonds. The van der Waals surface area contributed by atoms with Gasteiger partial charge in [0.1, 0.15) is 0 Å². The van der Waals surface area contributed by atoms with Gasteiger partial charge in [0.15, 0.2) is 0 Å². The molecule has 0 bridgehead atoms. The van der Waals surface area contributed by atoms with Crippen molar-refractivity contribution in [1.29, 1.82) is 0 Å². The van der Waals surface area contributed by atoms with E-state index >= 15 is 0 Å². The van der Waals surface area contributed by atoms with E-state index in [9.17, 15) is 19.5 Å². The summed E-state index contributed by atoms with van der Waals surface area (Å²) in [6, 6.07) is 6.54. The van der Waals surface area contributed by atoms with Crippen LogP contribution >= 0.6 is 11.6 Å². The van der Waals surface area contributed by atoms with Crippen LogP contribution in [0.15, 0.2) is 24.3 Å². The Morgan fingerprint density at radius 3 is 2.41 bits per heavy atom. The van der Waals surface area contributed by atoms with Gasteiger partial charge in [-0.2, -0.15) is 0 Å². The number of benzene rings is 1. The molecule has 0 aromatic heterocycles. The van der Waals surface area contributed by atoms with Gasteiger partial charge in [-0.3, -0.25) is 9.59 Å². The van der Waals surface area contributed by atoms with Crippen molar-refractivity contribution in [1.82, 2.24) is 16.0 Å². The normalized spacial score (nSPS) is 15.6. The zero-order chi connectivity index (χ0) is 19.6. The summed E-state index contributed by atoms with van der Waals surface area (Å²) in [4.78, 5) is 35.1. The van der Waals surface area contributed by atoms with Crippen molar-refractivity contribution in [3.63, 3.8) is 0 Å². The largest absolute Gasteiger partial charge is 0.481 e. The number of carbonyl (C=O) groups is 3. The maximum atomic E-state index is 11.9. The van der Waals surface area contributed by atoms with Crippen LogP contribution in [0.2, 0.25) is 5.02 Å². The second-order valence-corrected chi connectivity index (χ2v) is 6.80. The molecule has 1 aromatic carbocycles. The molecule has 0 spiro atoms. The number of urea groups is 1. The van der Waals surface area contributed by atoms with E-state index in [0.717, 1.165) is 5.56 Å². The minimum Gasteiger partial charge on any atom is -0.481 e. The lowest BCUT2D eigenvalue weighted by molar-refractivity contribution is -0.144. The van der Waals surface area contributed by atoms with Crippen molar-refractivity contribution in [3.8, 4) is 0 Å². The number of amides is 3. The highest BCUT2D eigenvalue weighted by Crippen LogP contribution is 2.23. The summed E-state index contributed by atoms with van der Waals surface area (Å²) in [6.07, 6.45) is 1.33. The fourth-order valence-corrected chi connectivity index (χ4v) is 2.99. The van der Waals surface area contributed by atoms with Crippen LogP contribution in [-0.4, -0.2) is 49.3 Å². The van der Waals surface area contributed by atoms with Crippen molar-refractivity contribution >= 4 is 29.5 Å². The van der Waals surface area contributed by atoms with Crippen molar-refractivity contribution in [3.05, 3.63) is 34.9 Å². The van der Waals surface area contributed by atoms with Crippen molar-refractivity contribution in [2.24, 2.45) is 11.8 Å². The molecule has 4 N–H and O–H groups in total. The maximum absolute atomic E-state index is 11.9. The number of rotatable bonds is 8. The molecule has 1 unspecified atom stereocenters. The molecule has 8 nitrogen and oxygen atoms in total. The molecule has 148 valence electrons. The molecule has 9 heteroatoms. The van der Waals surface area contributed by atoms with Gasteiger partial charge in [0.25, 0.3) is 0 Å². The summed E-state index contributed by atoms with van der Waals surface area (Å²) in [5.41, 5.74) is 0.875. The molecule has 1 saturated heterocycles. The fraction of sp³-hybridized carbons (Fsp3) is 0.500. The molecule has 0 saturated carbocycles. The number of nitrogens with one attached hydrogen (secondary N) is 3. The van der Waals surface area contributed by atoms with E-state index < -0.39 is 23.8 Å². The monoisotopic (exact) mass is 397 g/mol. The molecule has 1 atom stereocenters. The van der Waals surface area contributed by atoms with Crippen LogP contribution in [0.5, 0.6) is 0 Å². The van der Waals surface area contributed by atoms with E-state index in [-0.39, 0.29) is 19.0 Å². The van der Waals surface area contributed by atoms with Crippen LogP contribution < -0.4 is 16.0 Å². The topological polar surface area (TPSA) is 117 Å². The number of ether oxygens (including phenoxy) is 1. The third-order valence-electron chi connectivity index (χ3n) is 4.45. The molecule has 0 radical (unpaired) electrons. The van der Waals surface area contributed by atoms with Gasteiger partial charge in [-0.25, -0.2) is 4.79 Å². The first kappa shape index (κ1) is 21.0. The van der Waals surface area contributed by atoms with E-state index in [2.05, 4.69) is 16.0 Å². The Kier molecular flexibility index (Phi) is 8.35. The standard InChI is InChI=1S/C18H24ClN3O5/c19-14-3-1-12(2-4-14)9-21-18(26)22-11-16(23)20-10-15(17(24)25)13-5-7-27-8-6-13/h1-4,13,15H,5-11H2,(H,20,23)(H,24,25)(H2,21,22,26). The number of carbonyl (C=O) groups excluding carboxylic acids is 2. The quantitative estimate of drug-likeness (QED) is 0.528. The van der Waals surface area contributed by atoms with Crippen LogP contribution in [0.1, 0.15) is 18.4 Å². The summed E-state index contributed by atoms with van der Waals surface area (Å²) in [6.45, 7) is 1.18. The van der Waals surface area contributed by atoms with E-state index in [1.807, 2.05) is 0 Å². The number of halogens is 1. The van der Waals surface area contributed by atoms with Gasteiger partial charge < -0.3 is 25.8 Å². The second kappa shape index (κ2) is 10.7. The Bertz CT molecular complexity index is 647. The molecule has 27 heavy (non-hydrogen) atoms. The minimum atomic E-state index is -0.934. The molecule has 1 aliphatic heterocycles. The molecule has 2 rings (SSSR count). The maximum Gasteiger partial charge on any atom is 0.315 e. The first-order chi connectivity index (χ1) is 13.0. The highest BCUT2D eigenvalue weighted by molar-refractivity contribution is 6.30. The number of carboxylic acids is 1. The van der Waals surface area contributed by atoms with E-state index in [0.29, 0.717) is 37.6 Å². The predicted molar refractivity (Wildman–Crippen MR) is 99.4 cm³/mol. The van der Waals surface area contributed by atoms with Gasteiger partial charge in [-0.15, -0.1) is 0 Å². The van der Waals surface area contributed by atoms with E-state index in [1.165, 1.54) is 0 Å². The summed E-state index contributed by atoms with van der Waals surface area (Å²) < 4.78 is 5.24. The number of hydrogen-bond donors (Lipinski definition) is 4. The SMILES string of the molecule is O=C(CNC(=O)NCc1ccc(Cl)cc1)NCC(C(=O)O)C1CCOCC1. The van der Waals surface area contributed by atoms with Crippen molar-refractivity contribution < 1.29 is 24.2 Å². The van der Waals surface area contributed by atoms with Gasteiger partial charge in [-0.05, 0) is 36.5 Å². The van der Waals surface area contributed by atoms with Gasteiger partial charge in [0, 0.05) is 31.3 Å². The first-order valence-electron chi connectivity index (χ1n) is 8.79. The van der Waals surface area contributed by atoms with Gasteiger partial charge >= 0.3 is 12.0 Å². The molecule has 1 aromatic rings. The molecular formula is C18H24ClN3O5. The third kappa shape index (κ3) is 7.44. The fourth-order valence-electron chi connectivity index (χ4n) is 2.87. The second-order valence-electron chi connectivity index (χ2n) is 6.36. The smallest absolute Gasteiger partial charge is 0.315 e. The molecule has 1 heterocycles. The molecule has 0 aliphatic carbocycles. The first-order valence-corrected chi connectivity index (χ1v) is 9.17. The number of hydrogen-bond acceptors (Lipinski definition) is 4. The highest BCUT2D eigenvalue weighted by Gasteiger charge is 2.29. The zero-order valence-corrected chi connectivity index (χ0v) is 15.6. The third-order valence-corrected chi connectivity index (χ3v) is 4.70.